The molecule has 2 N–H and O–H groups in total. The Balaban J connectivity index is 1.80. The molecule has 6 nitrogen and oxygen atoms in total. The van der Waals surface area contributed by atoms with Crippen molar-refractivity contribution in [2.24, 2.45) is 0 Å². The van der Waals surface area contributed by atoms with E-state index in [1.807, 2.05) is 70.2 Å². The number of halogens is 1. The van der Waals surface area contributed by atoms with Crippen molar-refractivity contribution in [2.45, 2.75) is 39.7 Å². The van der Waals surface area contributed by atoms with E-state index in [0.717, 1.165) is 27.6 Å². The lowest BCUT2D eigenvalue weighted by Crippen LogP contribution is -2.29. The van der Waals surface area contributed by atoms with Crippen LogP contribution in [-0.4, -0.2) is 28.9 Å². The summed E-state index contributed by atoms with van der Waals surface area (Å²) in [4.78, 5) is 32.0. The number of aryl methyl sites for hydroxylation is 2. The highest BCUT2D eigenvalue weighted by Gasteiger charge is 2.48. The lowest BCUT2D eigenvalue weighted by atomic mass is 9.91. The van der Waals surface area contributed by atoms with E-state index in [-0.39, 0.29) is 17.3 Å². The molecular weight excluding hydrogens is 500 g/mol. The van der Waals surface area contributed by atoms with Crippen molar-refractivity contribution < 1.29 is 19.4 Å². The number of H-pyrrole nitrogens is 1. The first-order valence-corrected chi connectivity index (χ1v) is 12.8. The summed E-state index contributed by atoms with van der Waals surface area (Å²) in [6, 6.07) is 15.8. The van der Waals surface area contributed by atoms with Gasteiger partial charge in [-0.1, -0.05) is 49.7 Å². The molecule has 0 saturated carbocycles. The van der Waals surface area contributed by atoms with Crippen molar-refractivity contribution in [3.63, 3.8) is 0 Å². The number of fused-ring (bicyclic) bond motifs is 1. The Morgan fingerprint density at radius 2 is 1.79 bits per heavy atom. The van der Waals surface area contributed by atoms with Gasteiger partial charge in [0.25, 0.3) is 11.7 Å². The van der Waals surface area contributed by atoms with Gasteiger partial charge in [0.15, 0.2) is 0 Å². The van der Waals surface area contributed by atoms with Crippen molar-refractivity contribution >= 4 is 45.6 Å². The Kier molecular flexibility index (Phi) is 6.53. The number of aliphatic hydroxyl groups excluding tert-OH is 1. The van der Waals surface area contributed by atoms with Crippen LogP contribution in [0.15, 0.2) is 66.4 Å². The molecule has 1 saturated heterocycles. The van der Waals surface area contributed by atoms with Crippen molar-refractivity contribution in [1.82, 2.24) is 4.98 Å². The molecular formula is C31H29ClN2O4. The minimum Gasteiger partial charge on any atom is -0.507 e. The summed E-state index contributed by atoms with van der Waals surface area (Å²) < 4.78 is 5.57. The number of aliphatic hydroxyl groups is 1. The molecule has 4 aromatic rings. The summed E-state index contributed by atoms with van der Waals surface area (Å²) >= 11 is 6.43. The SMILES string of the molecule is COc1cc(C)c(/C(O)=C2\C(=O)C(=O)N(c3ccc(C)c(Cl)c3)C2c2c[nH]c3ccccc23)cc1C(C)C. The van der Waals surface area contributed by atoms with Gasteiger partial charge < -0.3 is 14.8 Å². The molecule has 0 aliphatic carbocycles. The number of carbonyl (C=O) groups excluding carboxylic acids is 2. The Labute approximate surface area is 226 Å². The highest BCUT2D eigenvalue weighted by atomic mass is 35.5. The second kappa shape index (κ2) is 9.69. The van der Waals surface area contributed by atoms with E-state index in [4.69, 9.17) is 16.3 Å². The summed E-state index contributed by atoms with van der Waals surface area (Å²) in [5.74, 6) is -0.884. The van der Waals surface area contributed by atoms with Crippen LogP contribution in [0.4, 0.5) is 5.69 Å². The molecule has 1 unspecified atom stereocenters. The average Bonchev–Trinajstić information content (AvgIpc) is 3.43. The number of ketones is 1. The number of hydrogen-bond acceptors (Lipinski definition) is 4. The Hall–Kier alpha value is -4.03. The molecule has 3 aromatic carbocycles. The predicted molar refractivity (Wildman–Crippen MR) is 151 cm³/mol. The molecule has 1 amide bonds. The first kappa shape index (κ1) is 25.6. The molecule has 1 fully saturated rings. The van der Waals surface area contributed by atoms with Gasteiger partial charge in [0.2, 0.25) is 0 Å². The van der Waals surface area contributed by atoms with Crippen LogP contribution in [0.1, 0.15) is 53.6 Å². The second-order valence-corrected chi connectivity index (χ2v) is 10.4. The normalized spacial score (nSPS) is 17.1. The van der Waals surface area contributed by atoms with Gasteiger partial charge in [-0.05, 0) is 66.8 Å². The van der Waals surface area contributed by atoms with Gasteiger partial charge in [-0.3, -0.25) is 14.5 Å². The number of nitrogens with one attached hydrogen (secondary N) is 1. The predicted octanol–water partition coefficient (Wildman–Crippen LogP) is 7.20. The molecule has 2 heterocycles. The number of Topliss-reactive ketones (excluding diaryl/α,β-unsaturated/α-hetero) is 1. The maximum absolute atomic E-state index is 13.7. The van der Waals surface area contributed by atoms with E-state index >= 15 is 0 Å². The van der Waals surface area contributed by atoms with Crippen LogP contribution in [0, 0.1) is 13.8 Å². The van der Waals surface area contributed by atoms with Gasteiger partial charge in [-0.25, -0.2) is 0 Å². The lowest BCUT2D eigenvalue weighted by molar-refractivity contribution is -0.132. The number of ether oxygens (including phenoxy) is 1. The number of para-hydroxylation sites is 1. The molecule has 0 radical (unpaired) electrons. The summed E-state index contributed by atoms with van der Waals surface area (Å²) in [6.07, 6.45) is 1.79. The topological polar surface area (TPSA) is 82.6 Å². The maximum atomic E-state index is 13.7. The number of aromatic amines is 1. The number of nitrogens with zero attached hydrogens (tertiary/aromatic N) is 1. The van der Waals surface area contributed by atoms with Crippen molar-refractivity contribution in [3.05, 3.63) is 99.2 Å². The van der Waals surface area contributed by atoms with Crippen LogP contribution < -0.4 is 9.64 Å². The number of benzene rings is 3. The largest absolute Gasteiger partial charge is 0.507 e. The molecule has 0 bridgehead atoms. The molecule has 1 atom stereocenters. The minimum atomic E-state index is -0.867. The fraction of sp³-hybridized carbons (Fsp3) is 0.226. The molecule has 1 aliphatic rings. The monoisotopic (exact) mass is 528 g/mol. The number of hydrogen-bond donors (Lipinski definition) is 2. The van der Waals surface area contributed by atoms with E-state index in [9.17, 15) is 14.7 Å². The third-order valence-electron chi connectivity index (χ3n) is 7.25. The maximum Gasteiger partial charge on any atom is 0.300 e. The van der Waals surface area contributed by atoms with E-state index < -0.39 is 17.7 Å². The van der Waals surface area contributed by atoms with Gasteiger partial charge in [-0.2, -0.15) is 0 Å². The van der Waals surface area contributed by atoms with E-state index in [1.54, 1.807) is 25.4 Å². The van der Waals surface area contributed by atoms with Crippen molar-refractivity contribution in [2.75, 3.05) is 12.0 Å². The Morgan fingerprint density at radius 1 is 1.05 bits per heavy atom. The number of amides is 1. The number of aromatic nitrogens is 1. The number of anilines is 1. The van der Waals surface area contributed by atoms with Crippen LogP contribution in [0.2, 0.25) is 5.02 Å². The molecule has 1 aliphatic heterocycles. The number of carbonyl (C=O) groups is 2. The summed E-state index contributed by atoms with van der Waals surface area (Å²) in [5, 5.41) is 13.1. The van der Waals surface area contributed by atoms with Crippen LogP contribution in [0.25, 0.3) is 16.7 Å². The highest BCUT2D eigenvalue weighted by Crippen LogP contribution is 2.45. The van der Waals surface area contributed by atoms with Gasteiger partial charge in [0, 0.05) is 38.9 Å². The molecule has 5 rings (SSSR count). The molecule has 38 heavy (non-hydrogen) atoms. The highest BCUT2D eigenvalue weighted by molar-refractivity contribution is 6.52. The second-order valence-electron chi connectivity index (χ2n) is 9.96. The number of methoxy groups -OCH3 is 1. The van der Waals surface area contributed by atoms with Gasteiger partial charge in [0.1, 0.15) is 11.5 Å². The van der Waals surface area contributed by atoms with Crippen LogP contribution in [0.3, 0.4) is 0 Å². The zero-order valence-corrected chi connectivity index (χ0v) is 22.7. The van der Waals surface area contributed by atoms with Crippen LogP contribution in [0.5, 0.6) is 5.75 Å². The van der Waals surface area contributed by atoms with Gasteiger partial charge in [0.05, 0.1) is 18.7 Å². The van der Waals surface area contributed by atoms with E-state index in [0.29, 0.717) is 27.6 Å². The summed E-state index contributed by atoms with van der Waals surface area (Å²) in [5.41, 5.74) is 5.02. The fourth-order valence-corrected chi connectivity index (χ4v) is 5.35. The molecule has 7 heteroatoms. The van der Waals surface area contributed by atoms with Crippen molar-refractivity contribution in [1.29, 1.82) is 0 Å². The van der Waals surface area contributed by atoms with Gasteiger partial charge >= 0.3 is 0 Å². The molecule has 194 valence electrons. The number of rotatable bonds is 5. The Bertz CT molecular complexity index is 1630. The summed E-state index contributed by atoms with van der Waals surface area (Å²) in [7, 11) is 1.61. The zero-order valence-electron chi connectivity index (χ0n) is 21.9. The summed E-state index contributed by atoms with van der Waals surface area (Å²) in [6.45, 7) is 7.78. The smallest absolute Gasteiger partial charge is 0.300 e. The lowest BCUT2D eigenvalue weighted by Gasteiger charge is -2.25. The average molecular weight is 529 g/mol. The van der Waals surface area contributed by atoms with Crippen molar-refractivity contribution in [3.8, 4) is 5.75 Å². The first-order valence-electron chi connectivity index (χ1n) is 12.5. The molecule has 1 aromatic heterocycles. The minimum absolute atomic E-state index is 0.0272. The third-order valence-corrected chi connectivity index (χ3v) is 7.65. The quantitative estimate of drug-likeness (QED) is 0.163. The van der Waals surface area contributed by atoms with Crippen LogP contribution >= 0.6 is 11.6 Å². The first-order chi connectivity index (χ1) is 18.1. The fourth-order valence-electron chi connectivity index (χ4n) is 5.17. The standard InChI is InChI=1S/C31H29ClN2O4/c1-16(2)21-14-22(18(4)12-26(21)38-5)29(35)27-28(23-15-33-25-9-7-6-8-20(23)25)34(31(37)30(27)36)19-11-10-17(3)24(32)13-19/h6-16,28,33,35H,1-5H3/b29-27+. The Morgan fingerprint density at radius 3 is 2.47 bits per heavy atom. The molecule has 0 spiro atoms. The van der Waals surface area contributed by atoms with E-state index in [1.165, 1.54) is 4.90 Å². The van der Waals surface area contributed by atoms with E-state index in [2.05, 4.69) is 4.98 Å². The van der Waals surface area contributed by atoms with Crippen LogP contribution in [-0.2, 0) is 9.59 Å². The van der Waals surface area contributed by atoms with Gasteiger partial charge in [-0.15, -0.1) is 0 Å². The third kappa shape index (κ3) is 4.05. The zero-order chi connectivity index (χ0) is 27.3.